The number of nitrogens with zero attached hydrogens (tertiary/aromatic N) is 1. The first-order valence-corrected chi connectivity index (χ1v) is 10.3. The largest absolute Gasteiger partial charge is 0.466 e. The van der Waals surface area contributed by atoms with E-state index in [0.717, 1.165) is 0 Å². The average molecular weight is 416 g/mol. The van der Waals surface area contributed by atoms with Gasteiger partial charge < -0.3 is 10.1 Å². The molecule has 1 N–H and O–H groups in total. The molecule has 0 unspecified atom stereocenters. The molecular formula is C21H21FN2O4S. The summed E-state index contributed by atoms with van der Waals surface area (Å²) < 4.78 is 19.2. The predicted molar refractivity (Wildman–Crippen MR) is 110 cm³/mol. The number of rotatable bonds is 7. The molecule has 3 rings (SSSR count). The van der Waals surface area contributed by atoms with Crippen molar-refractivity contribution in [3.8, 4) is 0 Å². The summed E-state index contributed by atoms with van der Waals surface area (Å²) in [5.74, 6) is -1.24. The molecule has 1 heterocycles. The third-order valence-electron chi connectivity index (χ3n) is 4.34. The van der Waals surface area contributed by atoms with Crippen LogP contribution < -0.4 is 10.2 Å². The lowest BCUT2D eigenvalue weighted by molar-refractivity contribution is -0.144. The fourth-order valence-corrected chi connectivity index (χ4v) is 4.25. The summed E-state index contributed by atoms with van der Waals surface area (Å²) in [7, 11) is 0. The molecule has 0 aromatic heterocycles. The summed E-state index contributed by atoms with van der Waals surface area (Å²) >= 11 is 1.37. The quantitative estimate of drug-likeness (QED) is 0.693. The standard InChI is InChI=1S/C21H21FN2O4S/c1-2-28-20(27)12-11-18(25)23-16-9-5-3-7-14(16)21-24(19(26)13-29-21)17-10-6-4-8-15(17)22/h3-10,21H,2,11-13H2,1H3,(H,23,25)/t21-/m0/s1. The van der Waals surface area contributed by atoms with E-state index >= 15 is 0 Å². The van der Waals surface area contributed by atoms with E-state index in [0.29, 0.717) is 11.3 Å². The van der Waals surface area contributed by atoms with Gasteiger partial charge in [0.05, 0.1) is 24.5 Å². The molecule has 152 valence electrons. The van der Waals surface area contributed by atoms with Crippen molar-refractivity contribution in [2.24, 2.45) is 0 Å². The van der Waals surface area contributed by atoms with E-state index in [2.05, 4.69) is 5.32 Å². The van der Waals surface area contributed by atoms with Crippen molar-refractivity contribution in [1.29, 1.82) is 0 Å². The number of benzene rings is 2. The number of anilines is 2. The Kier molecular flexibility index (Phi) is 6.87. The number of amides is 2. The zero-order valence-corrected chi connectivity index (χ0v) is 16.7. The lowest BCUT2D eigenvalue weighted by Crippen LogP contribution is -2.29. The Hall–Kier alpha value is -2.87. The molecule has 1 atom stereocenters. The minimum atomic E-state index is -0.482. The number of carbonyl (C=O) groups is 3. The summed E-state index contributed by atoms with van der Waals surface area (Å²) in [6.45, 7) is 1.97. The second-order valence-corrected chi connectivity index (χ2v) is 7.39. The molecular weight excluding hydrogens is 395 g/mol. The number of hydrogen-bond acceptors (Lipinski definition) is 5. The number of halogens is 1. The van der Waals surface area contributed by atoms with E-state index < -0.39 is 17.2 Å². The molecule has 0 bridgehead atoms. The van der Waals surface area contributed by atoms with E-state index in [4.69, 9.17) is 4.74 Å². The smallest absolute Gasteiger partial charge is 0.306 e. The predicted octanol–water partition coefficient (Wildman–Crippen LogP) is 3.89. The fourth-order valence-electron chi connectivity index (χ4n) is 3.05. The molecule has 0 aliphatic carbocycles. The Balaban J connectivity index is 1.81. The molecule has 0 radical (unpaired) electrons. The molecule has 1 aliphatic heterocycles. The van der Waals surface area contributed by atoms with Crippen LogP contribution in [0.2, 0.25) is 0 Å². The number of ether oxygens (including phenoxy) is 1. The zero-order chi connectivity index (χ0) is 20.8. The average Bonchev–Trinajstić information content (AvgIpc) is 3.08. The molecule has 1 saturated heterocycles. The van der Waals surface area contributed by atoms with Gasteiger partial charge in [-0.15, -0.1) is 11.8 Å². The minimum absolute atomic E-state index is 0.0130. The maximum atomic E-state index is 14.3. The Morgan fingerprint density at radius 2 is 1.90 bits per heavy atom. The molecule has 8 heteroatoms. The summed E-state index contributed by atoms with van der Waals surface area (Å²) in [5.41, 5.74) is 1.42. The van der Waals surface area contributed by atoms with Crippen molar-refractivity contribution in [1.82, 2.24) is 0 Å². The van der Waals surface area contributed by atoms with Gasteiger partial charge in [0.2, 0.25) is 11.8 Å². The van der Waals surface area contributed by atoms with Gasteiger partial charge in [0.15, 0.2) is 0 Å². The Bertz CT molecular complexity index is 921. The lowest BCUT2D eigenvalue weighted by Gasteiger charge is -2.26. The third kappa shape index (κ3) is 4.95. The van der Waals surface area contributed by atoms with Crippen LogP contribution >= 0.6 is 11.8 Å². The number of carbonyl (C=O) groups excluding carboxylic acids is 3. The molecule has 2 aromatic rings. The second-order valence-electron chi connectivity index (χ2n) is 6.32. The highest BCUT2D eigenvalue weighted by atomic mass is 32.2. The first kappa shape index (κ1) is 20.9. The second kappa shape index (κ2) is 9.56. The minimum Gasteiger partial charge on any atom is -0.466 e. The van der Waals surface area contributed by atoms with Gasteiger partial charge in [0, 0.05) is 17.7 Å². The summed E-state index contributed by atoms with van der Waals surface area (Å²) in [6.07, 6.45) is -0.0270. The van der Waals surface area contributed by atoms with Crippen LogP contribution in [0.3, 0.4) is 0 Å². The Morgan fingerprint density at radius 1 is 1.17 bits per heavy atom. The van der Waals surface area contributed by atoms with Gasteiger partial charge in [-0.1, -0.05) is 30.3 Å². The van der Waals surface area contributed by atoms with Crippen molar-refractivity contribution in [2.45, 2.75) is 25.1 Å². The van der Waals surface area contributed by atoms with Crippen LogP contribution in [0.15, 0.2) is 48.5 Å². The summed E-state index contributed by atoms with van der Waals surface area (Å²) in [5, 5.41) is 2.32. The number of thioether (sulfide) groups is 1. The maximum Gasteiger partial charge on any atom is 0.306 e. The van der Waals surface area contributed by atoms with Crippen molar-refractivity contribution in [2.75, 3.05) is 22.6 Å². The molecule has 2 amide bonds. The van der Waals surface area contributed by atoms with Crippen molar-refractivity contribution in [3.05, 3.63) is 59.9 Å². The van der Waals surface area contributed by atoms with E-state index in [9.17, 15) is 18.8 Å². The van der Waals surface area contributed by atoms with E-state index in [-0.39, 0.29) is 42.7 Å². The van der Waals surface area contributed by atoms with Crippen molar-refractivity contribution >= 4 is 40.9 Å². The van der Waals surface area contributed by atoms with Gasteiger partial charge in [0.25, 0.3) is 0 Å². The van der Waals surface area contributed by atoms with Crippen LogP contribution in [-0.2, 0) is 19.1 Å². The first-order valence-electron chi connectivity index (χ1n) is 9.24. The Labute approximate surface area is 172 Å². The molecule has 1 aliphatic rings. The van der Waals surface area contributed by atoms with Crippen LogP contribution in [0.4, 0.5) is 15.8 Å². The lowest BCUT2D eigenvalue weighted by atomic mass is 10.1. The van der Waals surface area contributed by atoms with E-state index in [1.165, 1.54) is 22.7 Å². The molecule has 29 heavy (non-hydrogen) atoms. The normalized spacial score (nSPS) is 16.0. The number of para-hydroxylation sites is 2. The summed E-state index contributed by atoms with van der Waals surface area (Å²) in [4.78, 5) is 37.7. The van der Waals surface area contributed by atoms with Gasteiger partial charge in [-0.3, -0.25) is 19.3 Å². The maximum absolute atomic E-state index is 14.3. The highest BCUT2D eigenvalue weighted by molar-refractivity contribution is 8.00. The zero-order valence-electron chi connectivity index (χ0n) is 15.9. The molecule has 1 fully saturated rings. The SMILES string of the molecule is CCOC(=O)CCC(=O)Nc1ccccc1[C@@H]1SCC(=O)N1c1ccccc1F. The van der Waals surface area contributed by atoms with Crippen molar-refractivity contribution in [3.63, 3.8) is 0 Å². The van der Waals surface area contributed by atoms with E-state index in [1.54, 1.807) is 49.4 Å². The van der Waals surface area contributed by atoms with Crippen molar-refractivity contribution < 1.29 is 23.5 Å². The summed E-state index contributed by atoms with van der Waals surface area (Å²) in [6, 6.07) is 13.2. The first-order chi connectivity index (χ1) is 14.0. The van der Waals surface area contributed by atoms with Gasteiger partial charge >= 0.3 is 5.97 Å². The highest BCUT2D eigenvalue weighted by Gasteiger charge is 2.36. The van der Waals surface area contributed by atoms with Crippen LogP contribution in [0.1, 0.15) is 30.7 Å². The topological polar surface area (TPSA) is 75.7 Å². The van der Waals surface area contributed by atoms with Crippen LogP contribution in [0.5, 0.6) is 0 Å². The monoisotopic (exact) mass is 416 g/mol. The molecule has 0 spiro atoms. The van der Waals surface area contributed by atoms with Crippen LogP contribution in [0, 0.1) is 5.82 Å². The van der Waals surface area contributed by atoms with Crippen LogP contribution in [0.25, 0.3) is 0 Å². The van der Waals surface area contributed by atoms with Gasteiger partial charge in [-0.05, 0) is 25.1 Å². The highest BCUT2D eigenvalue weighted by Crippen LogP contribution is 2.44. The fraction of sp³-hybridized carbons (Fsp3) is 0.286. The molecule has 0 saturated carbocycles. The molecule has 2 aromatic carbocycles. The number of hydrogen-bond donors (Lipinski definition) is 1. The van der Waals surface area contributed by atoms with Gasteiger partial charge in [-0.25, -0.2) is 4.39 Å². The van der Waals surface area contributed by atoms with Gasteiger partial charge in [0.1, 0.15) is 11.2 Å². The molecule has 6 nitrogen and oxygen atoms in total. The van der Waals surface area contributed by atoms with Crippen LogP contribution in [-0.4, -0.2) is 30.1 Å². The number of esters is 1. The van der Waals surface area contributed by atoms with E-state index in [1.807, 2.05) is 0 Å². The Morgan fingerprint density at radius 3 is 2.66 bits per heavy atom. The third-order valence-corrected chi connectivity index (χ3v) is 5.54. The van der Waals surface area contributed by atoms with Gasteiger partial charge in [-0.2, -0.15) is 0 Å². The number of nitrogens with one attached hydrogen (secondary N) is 1.